The molecule has 1 heterocycles. The average Bonchev–Trinajstić information content (AvgIpc) is 2.77. The molecule has 122 valence electrons. The van der Waals surface area contributed by atoms with Crippen LogP contribution >= 0.6 is 24.0 Å². The Morgan fingerprint density at radius 2 is 2.09 bits per heavy atom. The summed E-state index contributed by atoms with van der Waals surface area (Å²) in [5.41, 5.74) is 0.689. The third-order valence-corrected chi connectivity index (χ3v) is 4.61. The molecule has 1 saturated heterocycles. The summed E-state index contributed by atoms with van der Waals surface area (Å²) >= 11 is 6.27. The van der Waals surface area contributed by atoms with Gasteiger partial charge in [-0.2, -0.15) is 0 Å². The van der Waals surface area contributed by atoms with Gasteiger partial charge in [-0.3, -0.25) is 14.5 Å². The number of carbonyl (C=O) groups is 2. The Morgan fingerprint density at radius 3 is 2.70 bits per heavy atom. The summed E-state index contributed by atoms with van der Waals surface area (Å²) in [6.07, 6.45) is 2.13. The largest absolute Gasteiger partial charge is 0.461 e. The fourth-order valence-electron chi connectivity index (χ4n) is 1.82. The summed E-state index contributed by atoms with van der Waals surface area (Å²) in [5.74, 6) is -1.17. The fourth-order valence-corrected chi connectivity index (χ4v) is 3.08. The average molecular weight is 353 g/mol. The van der Waals surface area contributed by atoms with Crippen molar-refractivity contribution >= 4 is 46.3 Å². The molecule has 0 bridgehead atoms. The first kappa shape index (κ1) is 17.6. The standard InChI is InChI=1S/C16H16FNO3S2/c1-3-10(2)21-14(19)9-18-15(20)13(23-16(18)22)8-11-4-6-12(17)7-5-11/h4-8,10H,3,9H2,1-2H3. The maximum Gasteiger partial charge on any atom is 0.326 e. The number of benzene rings is 1. The van der Waals surface area contributed by atoms with Gasteiger partial charge >= 0.3 is 5.97 Å². The van der Waals surface area contributed by atoms with Gasteiger partial charge in [0, 0.05) is 0 Å². The van der Waals surface area contributed by atoms with E-state index in [0.717, 1.165) is 11.8 Å². The van der Waals surface area contributed by atoms with Crippen molar-refractivity contribution in [2.45, 2.75) is 26.4 Å². The van der Waals surface area contributed by atoms with Gasteiger partial charge in [0.2, 0.25) is 0 Å². The number of nitrogens with zero attached hydrogens (tertiary/aromatic N) is 1. The van der Waals surface area contributed by atoms with Crippen LogP contribution in [0, 0.1) is 5.82 Å². The number of carbonyl (C=O) groups excluding carboxylic acids is 2. The highest BCUT2D eigenvalue weighted by atomic mass is 32.2. The van der Waals surface area contributed by atoms with Gasteiger partial charge in [0.15, 0.2) is 0 Å². The first-order valence-electron chi connectivity index (χ1n) is 7.11. The van der Waals surface area contributed by atoms with E-state index in [2.05, 4.69) is 0 Å². The van der Waals surface area contributed by atoms with Gasteiger partial charge in [0.1, 0.15) is 16.7 Å². The van der Waals surface area contributed by atoms with E-state index in [1.165, 1.54) is 17.0 Å². The molecule has 0 aromatic heterocycles. The second kappa shape index (κ2) is 7.70. The van der Waals surface area contributed by atoms with E-state index < -0.39 is 5.97 Å². The highest BCUT2D eigenvalue weighted by molar-refractivity contribution is 8.26. The molecule has 1 aromatic rings. The molecule has 1 aliphatic heterocycles. The molecule has 23 heavy (non-hydrogen) atoms. The van der Waals surface area contributed by atoms with Crippen LogP contribution in [0.2, 0.25) is 0 Å². The fraction of sp³-hybridized carbons (Fsp3) is 0.312. The van der Waals surface area contributed by atoms with Crippen molar-refractivity contribution in [2.75, 3.05) is 6.54 Å². The molecule has 1 aromatic carbocycles. The summed E-state index contributed by atoms with van der Waals surface area (Å²) in [5, 5.41) is 0. The van der Waals surface area contributed by atoms with Gasteiger partial charge in [0.25, 0.3) is 5.91 Å². The molecule has 0 radical (unpaired) electrons. The van der Waals surface area contributed by atoms with E-state index in [-0.39, 0.29) is 24.4 Å². The Morgan fingerprint density at radius 1 is 1.43 bits per heavy atom. The quantitative estimate of drug-likeness (QED) is 0.461. The summed E-state index contributed by atoms with van der Waals surface area (Å²) < 4.78 is 18.4. The number of hydrogen-bond donors (Lipinski definition) is 0. The normalized spacial score (nSPS) is 17.7. The second-order valence-electron chi connectivity index (χ2n) is 5.03. The van der Waals surface area contributed by atoms with Crippen LogP contribution in [0.15, 0.2) is 29.2 Å². The first-order chi connectivity index (χ1) is 10.9. The minimum Gasteiger partial charge on any atom is -0.461 e. The van der Waals surface area contributed by atoms with Crippen LogP contribution in [0.25, 0.3) is 6.08 Å². The lowest BCUT2D eigenvalue weighted by Crippen LogP contribution is -2.35. The summed E-state index contributed by atoms with van der Waals surface area (Å²) in [7, 11) is 0. The van der Waals surface area contributed by atoms with Crippen LogP contribution in [-0.4, -0.2) is 33.7 Å². The van der Waals surface area contributed by atoms with Crippen LogP contribution in [0.5, 0.6) is 0 Å². The van der Waals surface area contributed by atoms with Crippen LogP contribution in [0.1, 0.15) is 25.8 Å². The number of halogens is 1. The molecule has 1 fully saturated rings. The molecule has 1 aliphatic rings. The van der Waals surface area contributed by atoms with Gasteiger partial charge < -0.3 is 4.74 Å². The third kappa shape index (κ3) is 4.62. The first-order valence-corrected chi connectivity index (χ1v) is 8.33. The van der Waals surface area contributed by atoms with Crippen molar-refractivity contribution in [2.24, 2.45) is 0 Å². The molecule has 1 atom stereocenters. The van der Waals surface area contributed by atoms with Crippen molar-refractivity contribution in [1.29, 1.82) is 0 Å². The van der Waals surface area contributed by atoms with E-state index in [1.807, 2.05) is 6.92 Å². The SMILES string of the molecule is CCC(C)OC(=O)CN1C(=O)C(=Cc2ccc(F)cc2)SC1=S. The molecule has 0 aliphatic carbocycles. The topological polar surface area (TPSA) is 46.6 Å². The molecular weight excluding hydrogens is 337 g/mol. The predicted molar refractivity (Wildman–Crippen MR) is 92.1 cm³/mol. The maximum absolute atomic E-state index is 12.9. The van der Waals surface area contributed by atoms with E-state index in [4.69, 9.17) is 17.0 Å². The second-order valence-corrected chi connectivity index (χ2v) is 6.70. The van der Waals surface area contributed by atoms with E-state index in [1.54, 1.807) is 25.1 Å². The van der Waals surface area contributed by atoms with Crippen molar-refractivity contribution in [3.63, 3.8) is 0 Å². The lowest BCUT2D eigenvalue weighted by molar-refractivity contribution is -0.150. The van der Waals surface area contributed by atoms with Gasteiger partial charge in [-0.15, -0.1) is 0 Å². The van der Waals surface area contributed by atoms with Gasteiger partial charge in [-0.1, -0.05) is 43.0 Å². The van der Waals surface area contributed by atoms with Crippen molar-refractivity contribution in [3.8, 4) is 0 Å². The number of thiocarbonyl (C=S) groups is 1. The Kier molecular flexibility index (Phi) is 5.90. The summed E-state index contributed by atoms with van der Waals surface area (Å²) in [6, 6.07) is 5.77. The molecule has 0 saturated carbocycles. The molecule has 0 N–H and O–H groups in total. The van der Waals surface area contributed by atoms with Crippen LogP contribution in [-0.2, 0) is 14.3 Å². The van der Waals surface area contributed by atoms with Crippen LogP contribution in [0.3, 0.4) is 0 Å². The molecule has 2 rings (SSSR count). The Balaban J connectivity index is 2.07. The van der Waals surface area contributed by atoms with Gasteiger partial charge in [-0.25, -0.2) is 4.39 Å². The maximum atomic E-state index is 12.9. The minimum absolute atomic E-state index is 0.198. The van der Waals surface area contributed by atoms with Crippen LogP contribution in [0.4, 0.5) is 4.39 Å². The van der Waals surface area contributed by atoms with Crippen LogP contribution < -0.4 is 0 Å². The van der Waals surface area contributed by atoms with Crippen molar-refractivity contribution in [1.82, 2.24) is 4.90 Å². The zero-order valence-electron chi connectivity index (χ0n) is 12.7. The lowest BCUT2D eigenvalue weighted by Gasteiger charge is -2.16. The number of amides is 1. The highest BCUT2D eigenvalue weighted by Gasteiger charge is 2.33. The Hall–Kier alpha value is -1.73. The Labute approximate surface area is 143 Å². The minimum atomic E-state index is -0.487. The highest BCUT2D eigenvalue weighted by Crippen LogP contribution is 2.32. The predicted octanol–water partition coefficient (Wildman–Crippen LogP) is 3.37. The zero-order chi connectivity index (χ0) is 17.0. The van der Waals surface area contributed by atoms with Crippen molar-refractivity contribution in [3.05, 3.63) is 40.6 Å². The number of ether oxygens (including phenoxy) is 1. The van der Waals surface area contributed by atoms with E-state index >= 15 is 0 Å². The number of hydrogen-bond acceptors (Lipinski definition) is 5. The smallest absolute Gasteiger partial charge is 0.326 e. The third-order valence-electron chi connectivity index (χ3n) is 3.24. The van der Waals surface area contributed by atoms with E-state index in [0.29, 0.717) is 21.2 Å². The number of rotatable bonds is 5. The molecule has 1 unspecified atom stereocenters. The monoisotopic (exact) mass is 353 g/mol. The van der Waals surface area contributed by atoms with Gasteiger partial charge in [-0.05, 0) is 37.1 Å². The molecule has 7 heteroatoms. The molecule has 1 amide bonds. The number of thioether (sulfide) groups is 1. The summed E-state index contributed by atoms with van der Waals surface area (Å²) in [4.78, 5) is 25.8. The Bertz CT molecular complexity index is 658. The molecular formula is C16H16FNO3S2. The van der Waals surface area contributed by atoms with Crippen molar-refractivity contribution < 1.29 is 18.7 Å². The zero-order valence-corrected chi connectivity index (χ0v) is 14.4. The molecule has 4 nitrogen and oxygen atoms in total. The van der Waals surface area contributed by atoms with Gasteiger partial charge in [0.05, 0.1) is 11.0 Å². The number of esters is 1. The lowest BCUT2D eigenvalue weighted by atomic mass is 10.2. The molecule has 0 spiro atoms. The van der Waals surface area contributed by atoms with E-state index in [9.17, 15) is 14.0 Å². The summed E-state index contributed by atoms with van der Waals surface area (Å²) in [6.45, 7) is 3.50.